The third kappa shape index (κ3) is 2.78. The summed E-state index contributed by atoms with van der Waals surface area (Å²) in [4.78, 5) is 15.4. The highest BCUT2D eigenvalue weighted by molar-refractivity contribution is 7.17. The Morgan fingerprint density at radius 3 is 2.95 bits per heavy atom. The maximum absolute atomic E-state index is 10.7. The van der Waals surface area contributed by atoms with Crippen molar-refractivity contribution in [2.24, 2.45) is 5.73 Å². The zero-order valence-corrected chi connectivity index (χ0v) is 12.1. The molecule has 0 aliphatic carbocycles. The second kappa shape index (κ2) is 5.80. The molecule has 6 nitrogen and oxygen atoms in total. The summed E-state index contributed by atoms with van der Waals surface area (Å²) >= 11 is 1.67. The Morgan fingerprint density at radius 1 is 1.40 bits per heavy atom. The number of aromatic nitrogens is 1. The minimum absolute atomic E-state index is 0.216. The molecule has 0 saturated carbocycles. The van der Waals surface area contributed by atoms with Crippen molar-refractivity contribution >= 4 is 33.3 Å². The molecule has 0 spiro atoms. The van der Waals surface area contributed by atoms with Crippen LogP contribution in [0.25, 0.3) is 10.3 Å². The second-order valence-electron chi connectivity index (χ2n) is 5.02. The van der Waals surface area contributed by atoms with Gasteiger partial charge in [0, 0.05) is 32.6 Å². The van der Waals surface area contributed by atoms with Gasteiger partial charge in [-0.25, -0.2) is 0 Å². The summed E-state index contributed by atoms with van der Waals surface area (Å²) < 4.78 is 6.45. The summed E-state index contributed by atoms with van der Waals surface area (Å²) in [6.45, 7) is 4.78. The van der Waals surface area contributed by atoms with Crippen LogP contribution in [0.2, 0.25) is 0 Å². The predicted molar refractivity (Wildman–Crippen MR) is 79.0 cm³/mol. The molecule has 1 fully saturated rings. The Bertz CT molecular complexity index is 586. The van der Waals surface area contributed by atoms with Crippen LogP contribution in [-0.2, 0) is 4.79 Å². The lowest BCUT2D eigenvalue weighted by Crippen LogP contribution is -2.46. The van der Waals surface area contributed by atoms with Crippen molar-refractivity contribution in [2.75, 3.05) is 37.6 Å². The smallest absolute Gasteiger partial charge is 0.217 e. The Labute approximate surface area is 121 Å². The molecule has 3 rings (SSSR count). The number of hydrogen-bond acceptors (Lipinski definition) is 6. The van der Waals surface area contributed by atoms with E-state index in [0.29, 0.717) is 6.42 Å². The highest BCUT2D eigenvalue weighted by Crippen LogP contribution is 2.31. The molecule has 0 radical (unpaired) electrons. The van der Waals surface area contributed by atoms with Crippen LogP contribution < -0.4 is 10.6 Å². The molecule has 0 aromatic carbocycles. The Hall–Kier alpha value is -1.60. The minimum Gasteiger partial charge on any atom is -0.370 e. The van der Waals surface area contributed by atoms with Crippen LogP contribution in [0, 0.1) is 0 Å². The van der Waals surface area contributed by atoms with Crippen molar-refractivity contribution in [1.82, 2.24) is 10.1 Å². The van der Waals surface area contributed by atoms with E-state index >= 15 is 0 Å². The van der Waals surface area contributed by atoms with E-state index in [1.54, 1.807) is 11.3 Å². The van der Waals surface area contributed by atoms with E-state index < -0.39 is 0 Å². The van der Waals surface area contributed by atoms with Gasteiger partial charge < -0.3 is 15.2 Å². The third-order valence-corrected chi connectivity index (χ3v) is 4.52. The molecule has 1 amide bonds. The molecule has 2 aromatic rings. The van der Waals surface area contributed by atoms with Crippen molar-refractivity contribution < 1.29 is 9.32 Å². The average Bonchev–Trinajstić information content (AvgIpc) is 3.02. The van der Waals surface area contributed by atoms with Crippen molar-refractivity contribution in [2.45, 2.75) is 12.8 Å². The van der Waals surface area contributed by atoms with E-state index in [-0.39, 0.29) is 5.91 Å². The summed E-state index contributed by atoms with van der Waals surface area (Å²) in [6.07, 6.45) is 1.31. The lowest BCUT2D eigenvalue weighted by molar-refractivity contribution is -0.118. The van der Waals surface area contributed by atoms with Gasteiger partial charge in [-0.05, 0) is 24.4 Å². The molecule has 3 heterocycles. The lowest BCUT2D eigenvalue weighted by atomic mass is 10.2. The van der Waals surface area contributed by atoms with Crippen molar-refractivity contribution in [3.63, 3.8) is 0 Å². The van der Waals surface area contributed by atoms with Gasteiger partial charge in [0.05, 0.1) is 0 Å². The molecule has 1 saturated heterocycles. The maximum atomic E-state index is 10.7. The van der Waals surface area contributed by atoms with Gasteiger partial charge in [-0.3, -0.25) is 9.69 Å². The van der Waals surface area contributed by atoms with Gasteiger partial charge in [-0.1, -0.05) is 5.16 Å². The van der Waals surface area contributed by atoms with E-state index in [1.165, 1.54) is 0 Å². The molecule has 0 unspecified atom stereocenters. The highest BCUT2D eigenvalue weighted by Gasteiger charge is 2.21. The predicted octanol–water partition coefficient (Wildman–Crippen LogP) is 1.28. The van der Waals surface area contributed by atoms with E-state index in [4.69, 9.17) is 10.3 Å². The topological polar surface area (TPSA) is 75.6 Å². The van der Waals surface area contributed by atoms with E-state index in [0.717, 1.165) is 55.2 Å². The number of nitrogens with two attached hydrogens (primary N) is 1. The van der Waals surface area contributed by atoms with Crippen LogP contribution in [0.15, 0.2) is 16.0 Å². The number of thiophene rings is 1. The summed E-state index contributed by atoms with van der Waals surface area (Å²) in [5.41, 5.74) is 6.02. The summed E-state index contributed by atoms with van der Waals surface area (Å²) in [5, 5.41) is 6.20. The fourth-order valence-electron chi connectivity index (χ4n) is 2.53. The van der Waals surface area contributed by atoms with Gasteiger partial charge >= 0.3 is 0 Å². The average molecular weight is 294 g/mol. The number of nitrogens with zero attached hydrogens (tertiary/aromatic N) is 3. The van der Waals surface area contributed by atoms with Gasteiger partial charge in [0.25, 0.3) is 0 Å². The molecule has 0 bridgehead atoms. The molecule has 1 aliphatic rings. The zero-order chi connectivity index (χ0) is 13.9. The first kappa shape index (κ1) is 13.4. The fourth-order valence-corrected chi connectivity index (χ4v) is 3.35. The Balaban J connectivity index is 1.53. The molecule has 7 heteroatoms. The number of primary amides is 1. The molecule has 2 N–H and O–H groups in total. The van der Waals surface area contributed by atoms with E-state index in [9.17, 15) is 4.79 Å². The van der Waals surface area contributed by atoms with Gasteiger partial charge in [0.15, 0.2) is 11.4 Å². The van der Waals surface area contributed by atoms with Crippen LogP contribution in [0.5, 0.6) is 0 Å². The van der Waals surface area contributed by atoms with E-state index in [1.807, 2.05) is 11.4 Å². The summed E-state index contributed by atoms with van der Waals surface area (Å²) in [7, 11) is 0. The van der Waals surface area contributed by atoms with Crippen molar-refractivity contribution in [1.29, 1.82) is 0 Å². The first-order valence-electron chi connectivity index (χ1n) is 6.82. The SMILES string of the molecule is NC(=O)CCCN1CCN(c2noc3ccsc23)CC1. The zero-order valence-electron chi connectivity index (χ0n) is 11.2. The Kier molecular flexibility index (Phi) is 3.88. The molecular weight excluding hydrogens is 276 g/mol. The summed E-state index contributed by atoms with van der Waals surface area (Å²) in [6, 6.07) is 1.95. The fraction of sp³-hybridized carbons (Fsp3) is 0.538. The number of anilines is 1. The first-order valence-corrected chi connectivity index (χ1v) is 7.70. The van der Waals surface area contributed by atoms with Crippen LogP contribution in [0.1, 0.15) is 12.8 Å². The molecule has 20 heavy (non-hydrogen) atoms. The van der Waals surface area contributed by atoms with Crippen LogP contribution in [-0.4, -0.2) is 48.7 Å². The van der Waals surface area contributed by atoms with Gasteiger partial charge in [-0.15, -0.1) is 11.3 Å². The number of carbonyl (C=O) groups is 1. The second-order valence-corrected chi connectivity index (χ2v) is 5.93. The number of piperazine rings is 1. The quantitative estimate of drug-likeness (QED) is 0.899. The number of amides is 1. The lowest BCUT2D eigenvalue weighted by Gasteiger charge is -2.34. The number of hydrogen-bond donors (Lipinski definition) is 1. The van der Waals surface area contributed by atoms with Crippen molar-refractivity contribution in [3.05, 3.63) is 11.4 Å². The van der Waals surface area contributed by atoms with Crippen LogP contribution >= 0.6 is 11.3 Å². The van der Waals surface area contributed by atoms with E-state index in [2.05, 4.69) is 15.0 Å². The molecule has 0 atom stereocenters. The summed E-state index contributed by atoms with van der Waals surface area (Å²) in [5.74, 6) is 0.748. The molecule has 1 aliphatic heterocycles. The number of carbonyl (C=O) groups excluding carboxylic acids is 1. The highest BCUT2D eigenvalue weighted by atomic mass is 32.1. The van der Waals surface area contributed by atoms with Crippen LogP contribution in [0.4, 0.5) is 5.82 Å². The Morgan fingerprint density at radius 2 is 2.20 bits per heavy atom. The standard InChI is InChI=1S/C13H18N4O2S/c14-11(18)2-1-4-16-5-7-17(8-6-16)13-12-10(19-15-13)3-9-20-12/h3,9H,1-2,4-8H2,(H2,14,18). The maximum Gasteiger partial charge on any atom is 0.217 e. The van der Waals surface area contributed by atoms with Gasteiger partial charge in [0.1, 0.15) is 4.70 Å². The minimum atomic E-state index is -0.216. The largest absolute Gasteiger partial charge is 0.370 e. The van der Waals surface area contributed by atoms with Gasteiger partial charge in [0.2, 0.25) is 5.91 Å². The third-order valence-electron chi connectivity index (χ3n) is 3.63. The normalized spacial score (nSPS) is 16.9. The number of fused-ring (bicyclic) bond motifs is 1. The number of rotatable bonds is 5. The molecular formula is C13H18N4O2S. The molecule has 2 aromatic heterocycles. The first-order chi connectivity index (χ1) is 9.74. The van der Waals surface area contributed by atoms with Gasteiger partial charge in [-0.2, -0.15) is 0 Å². The van der Waals surface area contributed by atoms with Crippen molar-refractivity contribution in [3.8, 4) is 0 Å². The van der Waals surface area contributed by atoms with Crippen LogP contribution in [0.3, 0.4) is 0 Å². The molecule has 108 valence electrons. The monoisotopic (exact) mass is 294 g/mol.